The fourth-order valence-electron chi connectivity index (χ4n) is 1.52. The molecule has 0 bridgehead atoms. The van der Waals surface area contributed by atoms with Crippen molar-refractivity contribution in [3.05, 3.63) is 65.5 Å². The molecule has 0 aliphatic carbocycles. The number of rotatable bonds is 3. The number of carbonyl (C=O) groups is 2. The van der Waals surface area contributed by atoms with Crippen LogP contribution in [0, 0.1) is 0 Å². The molecule has 1 N–H and O–H groups in total. The van der Waals surface area contributed by atoms with Gasteiger partial charge in [-0.25, -0.2) is 4.79 Å². The number of nitrogens with zero attached hydrogens (tertiary/aromatic N) is 1. The van der Waals surface area contributed by atoms with E-state index in [1.807, 2.05) is 0 Å². The van der Waals surface area contributed by atoms with Crippen LogP contribution in [0.15, 0.2) is 48.8 Å². The van der Waals surface area contributed by atoms with E-state index in [4.69, 9.17) is 5.11 Å². The van der Waals surface area contributed by atoms with E-state index < -0.39 is 5.97 Å². The minimum Gasteiger partial charge on any atom is -0.478 e. The van der Waals surface area contributed by atoms with Crippen molar-refractivity contribution in [2.75, 3.05) is 0 Å². The maximum absolute atomic E-state index is 12.1. The molecule has 17 heavy (non-hydrogen) atoms. The number of hydrogen-bond acceptors (Lipinski definition) is 3. The quantitative estimate of drug-likeness (QED) is 0.814. The maximum atomic E-state index is 12.1. The van der Waals surface area contributed by atoms with E-state index in [-0.39, 0.29) is 16.9 Å². The van der Waals surface area contributed by atoms with Crippen LogP contribution in [0.25, 0.3) is 0 Å². The average molecular weight is 227 g/mol. The van der Waals surface area contributed by atoms with Crippen LogP contribution in [0.4, 0.5) is 0 Å². The largest absolute Gasteiger partial charge is 0.478 e. The Hall–Kier alpha value is -2.49. The lowest BCUT2D eigenvalue weighted by molar-refractivity contribution is 0.0693. The molecule has 0 spiro atoms. The fourth-order valence-corrected chi connectivity index (χ4v) is 1.52. The number of pyridine rings is 1. The zero-order valence-electron chi connectivity index (χ0n) is 8.83. The van der Waals surface area contributed by atoms with E-state index in [1.54, 1.807) is 30.5 Å². The van der Waals surface area contributed by atoms with E-state index in [9.17, 15) is 9.59 Å². The molecule has 84 valence electrons. The molecule has 0 aliphatic heterocycles. The Labute approximate surface area is 97.6 Å². The second-order valence-corrected chi connectivity index (χ2v) is 3.42. The molecule has 0 aliphatic rings. The van der Waals surface area contributed by atoms with Gasteiger partial charge in [-0.2, -0.15) is 0 Å². The number of carbonyl (C=O) groups excluding carboxylic acids is 1. The third-order valence-corrected chi connectivity index (χ3v) is 2.33. The lowest BCUT2D eigenvalue weighted by atomic mass is 9.99. The topological polar surface area (TPSA) is 67.3 Å². The molecule has 0 amide bonds. The second-order valence-electron chi connectivity index (χ2n) is 3.42. The molecule has 0 saturated heterocycles. The molecule has 1 aromatic heterocycles. The summed E-state index contributed by atoms with van der Waals surface area (Å²) < 4.78 is 0. The van der Waals surface area contributed by atoms with Gasteiger partial charge in [0.15, 0.2) is 5.78 Å². The Morgan fingerprint density at radius 3 is 2.29 bits per heavy atom. The molecule has 2 rings (SSSR count). The minimum atomic E-state index is -1.11. The van der Waals surface area contributed by atoms with Crippen molar-refractivity contribution in [2.45, 2.75) is 0 Å². The molecular formula is C13H9NO3. The zero-order chi connectivity index (χ0) is 12.3. The molecule has 4 nitrogen and oxygen atoms in total. The van der Waals surface area contributed by atoms with Crippen molar-refractivity contribution in [2.24, 2.45) is 0 Å². The van der Waals surface area contributed by atoms with E-state index in [0.717, 1.165) is 0 Å². The van der Waals surface area contributed by atoms with Crippen molar-refractivity contribution in [3.63, 3.8) is 0 Å². The molecule has 0 atom stereocenters. The monoisotopic (exact) mass is 227 g/mol. The number of carboxylic acids is 1. The van der Waals surface area contributed by atoms with E-state index >= 15 is 0 Å². The van der Waals surface area contributed by atoms with Crippen molar-refractivity contribution in [3.8, 4) is 0 Å². The van der Waals surface area contributed by atoms with Crippen LogP contribution < -0.4 is 0 Å². The normalized spacial score (nSPS) is 9.88. The van der Waals surface area contributed by atoms with Crippen molar-refractivity contribution in [1.29, 1.82) is 0 Å². The molecule has 0 fully saturated rings. The molecule has 2 aromatic rings. The predicted octanol–water partition coefficient (Wildman–Crippen LogP) is 2.01. The highest BCUT2D eigenvalue weighted by molar-refractivity contribution is 6.14. The first kappa shape index (κ1) is 11.0. The minimum absolute atomic E-state index is 0.00125. The summed E-state index contributed by atoms with van der Waals surface area (Å²) >= 11 is 0. The summed E-state index contributed by atoms with van der Waals surface area (Å²) in [5.74, 6) is -1.45. The molecule has 4 heteroatoms. The van der Waals surface area contributed by atoms with Crippen LogP contribution in [0.5, 0.6) is 0 Å². The molecule has 0 radical (unpaired) electrons. The van der Waals surface area contributed by atoms with Crippen LogP contribution in [-0.4, -0.2) is 21.8 Å². The summed E-state index contributed by atoms with van der Waals surface area (Å²) in [5.41, 5.74) is 0.551. The van der Waals surface area contributed by atoms with E-state index in [0.29, 0.717) is 5.56 Å². The number of ketones is 1. The van der Waals surface area contributed by atoms with Gasteiger partial charge in [0.2, 0.25) is 0 Å². The Balaban J connectivity index is 2.48. The summed E-state index contributed by atoms with van der Waals surface area (Å²) in [6.07, 6.45) is 2.97. The Morgan fingerprint density at radius 1 is 1.00 bits per heavy atom. The number of aromatic carboxylic acids is 1. The summed E-state index contributed by atoms with van der Waals surface area (Å²) in [7, 11) is 0. The first-order chi connectivity index (χ1) is 8.20. The number of hydrogen-bond donors (Lipinski definition) is 1. The summed E-state index contributed by atoms with van der Waals surface area (Å²) in [4.78, 5) is 26.9. The van der Waals surface area contributed by atoms with Gasteiger partial charge in [-0.05, 0) is 18.2 Å². The SMILES string of the molecule is O=C(O)c1ccccc1C(=O)c1cccnc1. The summed E-state index contributed by atoms with van der Waals surface area (Å²) in [5, 5.41) is 8.99. The van der Waals surface area contributed by atoms with Crippen LogP contribution in [-0.2, 0) is 0 Å². The van der Waals surface area contributed by atoms with Crippen LogP contribution in [0.1, 0.15) is 26.3 Å². The van der Waals surface area contributed by atoms with Gasteiger partial charge >= 0.3 is 5.97 Å². The standard InChI is InChI=1S/C13H9NO3/c15-12(9-4-3-7-14-8-9)10-5-1-2-6-11(10)13(16)17/h1-8H,(H,16,17). The van der Waals surface area contributed by atoms with Gasteiger partial charge < -0.3 is 5.11 Å². The summed E-state index contributed by atoms with van der Waals surface area (Å²) in [6.45, 7) is 0. The van der Waals surface area contributed by atoms with Crippen LogP contribution >= 0.6 is 0 Å². The van der Waals surface area contributed by atoms with Gasteiger partial charge in [-0.1, -0.05) is 18.2 Å². The predicted molar refractivity (Wildman–Crippen MR) is 61.1 cm³/mol. The average Bonchev–Trinajstić information content (AvgIpc) is 2.39. The first-order valence-corrected chi connectivity index (χ1v) is 4.97. The van der Waals surface area contributed by atoms with Gasteiger partial charge in [0.05, 0.1) is 5.56 Å². The molecule has 0 saturated carbocycles. The van der Waals surface area contributed by atoms with Crippen molar-refractivity contribution >= 4 is 11.8 Å². The molecular weight excluding hydrogens is 218 g/mol. The lowest BCUT2D eigenvalue weighted by Crippen LogP contribution is -2.09. The third kappa shape index (κ3) is 2.20. The molecule has 0 unspecified atom stereocenters. The van der Waals surface area contributed by atoms with Gasteiger partial charge in [0.25, 0.3) is 0 Å². The highest BCUT2D eigenvalue weighted by Gasteiger charge is 2.16. The Kier molecular flexibility index (Phi) is 2.96. The first-order valence-electron chi connectivity index (χ1n) is 4.97. The van der Waals surface area contributed by atoms with Crippen molar-refractivity contribution in [1.82, 2.24) is 4.98 Å². The van der Waals surface area contributed by atoms with Gasteiger partial charge in [0.1, 0.15) is 0 Å². The third-order valence-electron chi connectivity index (χ3n) is 2.33. The lowest BCUT2D eigenvalue weighted by Gasteiger charge is -2.04. The number of carboxylic acid groups (broad SMARTS) is 1. The Bertz CT molecular complexity index is 564. The van der Waals surface area contributed by atoms with Crippen LogP contribution in [0.2, 0.25) is 0 Å². The molecule has 1 heterocycles. The summed E-state index contributed by atoms with van der Waals surface area (Å²) in [6, 6.07) is 9.37. The Morgan fingerprint density at radius 2 is 1.71 bits per heavy atom. The highest BCUT2D eigenvalue weighted by Crippen LogP contribution is 2.13. The van der Waals surface area contributed by atoms with E-state index in [1.165, 1.54) is 18.3 Å². The van der Waals surface area contributed by atoms with Gasteiger partial charge in [-0.15, -0.1) is 0 Å². The van der Waals surface area contributed by atoms with Crippen LogP contribution in [0.3, 0.4) is 0 Å². The second kappa shape index (κ2) is 4.57. The number of aromatic nitrogens is 1. The highest BCUT2D eigenvalue weighted by atomic mass is 16.4. The fraction of sp³-hybridized carbons (Fsp3) is 0. The van der Waals surface area contributed by atoms with Crippen molar-refractivity contribution < 1.29 is 14.7 Å². The number of benzene rings is 1. The zero-order valence-corrected chi connectivity index (χ0v) is 8.83. The molecule has 1 aromatic carbocycles. The van der Waals surface area contributed by atoms with Gasteiger partial charge in [-0.3, -0.25) is 9.78 Å². The maximum Gasteiger partial charge on any atom is 0.336 e. The van der Waals surface area contributed by atoms with Gasteiger partial charge in [0, 0.05) is 23.5 Å². The smallest absolute Gasteiger partial charge is 0.336 e. The van der Waals surface area contributed by atoms with E-state index in [2.05, 4.69) is 4.98 Å².